The molecule has 1 aromatic rings. The SMILES string of the molecule is O=C(NCC12CC3CC(CC(C3)C1)C2)c1ccncc1F. The first-order chi connectivity index (χ1) is 10.1. The zero-order valence-corrected chi connectivity index (χ0v) is 12.1. The number of nitrogens with one attached hydrogen (secondary N) is 1. The molecule has 4 aliphatic rings. The number of hydrogen-bond donors (Lipinski definition) is 1. The van der Waals surface area contributed by atoms with Crippen molar-refractivity contribution in [1.29, 1.82) is 0 Å². The molecule has 5 rings (SSSR count). The van der Waals surface area contributed by atoms with Gasteiger partial charge in [-0.05, 0) is 67.8 Å². The highest BCUT2D eigenvalue weighted by Gasteiger charge is 2.50. The van der Waals surface area contributed by atoms with Gasteiger partial charge in [0.05, 0.1) is 11.8 Å². The van der Waals surface area contributed by atoms with E-state index in [0.29, 0.717) is 6.54 Å². The zero-order valence-electron chi connectivity index (χ0n) is 12.1. The summed E-state index contributed by atoms with van der Waals surface area (Å²) in [5.41, 5.74) is 0.392. The van der Waals surface area contributed by atoms with Gasteiger partial charge in [-0.2, -0.15) is 0 Å². The molecule has 0 aromatic carbocycles. The fourth-order valence-electron chi connectivity index (χ4n) is 5.43. The standard InChI is InChI=1S/C17H21FN2O/c18-15-9-19-2-1-14(15)16(21)20-10-17-6-11-3-12(7-17)5-13(4-11)8-17/h1-2,9,11-13H,3-8,10H2,(H,20,21). The highest BCUT2D eigenvalue weighted by molar-refractivity contribution is 5.94. The van der Waals surface area contributed by atoms with E-state index in [1.807, 2.05) is 0 Å². The van der Waals surface area contributed by atoms with Crippen LogP contribution in [0.15, 0.2) is 18.5 Å². The van der Waals surface area contributed by atoms with Crippen LogP contribution in [0.25, 0.3) is 0 Å². The zero-order chi connectivity index (χ0) is 14.4. The second-order valence-electron chi connectivity index (χ2n) is 7.46. The normalized spacial score (nSPS) is 36.7. The highest BCUT2D eigenvalue weighted by atomic mass is 19.1. The lowest BCUT2D eigenvalue weighted by molar-refractivity contribution is -0.0503. The summed E-state index contributed by atoms with van der Waals surface area (Å²) >= 11 is 0. The van der Waals surface area contributed by atoms with Crippen molar-refractivity contribution < 1.29 is 9.18 Å². The Morgan fingerprint density at radius 2 is 1.86 bits per heavy atom. The fourth-order valence-corrected chi connectivity index (χ4v) is 5.43. The minimum Gasteiger partial charge on any atom is -0.351 e. The second kappa shape index (κ2) is 4.79. The maximum atomic E-state index is 13.6. The predicted molar refractivity (Wildman–Crippen MR) is 77.1 cm³/mol. The van der Waals surface area contributed by atoms with Crippen LogP contribution < -0.4 is 5.32 Å². The molecule has 4 bridgehead atoms. The Kier molecular flexibility index (Phi) is 3.02. The van der Waals surface area contributed by atoms with E-state index in [1.54, 1.807) is 0 Å². The number of aromatic nitrogens is 1. The summed E-state index contributed by atoms with van der Waals surface area (Å²) in [6.07, 6.45) is 10.5. The lowest BCUT2D eigenvalue weighted by atomic mass is 9.49. The molecule has 1 heterocycles. The van der Waals surface area contributed by atoms with E-state index < -0.39 is 5.82 Å². The van der Waals surface area contributed by atoms with E-state index >= 15 is 0 Å². The second-order valence-corrected chi connectivity index (χ2v) is 7.46. The Hall–Kier alpha value is -1.45. The van der Waals surface area contributed by atoms with E-state index in [2.05, 4.69) is 10.3 Å². The first-order valence-electron chi connectivity index (χ1n) is 8.01. The molecule has 1 amide bonds. The number of pyridine rings is 1. The summed E-state index contributed by atoms with van der Waals surface area (Å²) in [6.45, 7) is 0.705. The number of nitrogens with zero attached hydrogens (tertiary/aromatic N) is 1. The molecule has 1 N–H and O–H groups in total. The number of amides is 1. The summed E-state index contributed by atoms with van der Waals surface area (Å²) in [5.74, 6) is 1.76. The molecule has 4 aliphatic carbocycles. The molecular weight excluding hydrogens is 267 g/mol. The number of carbonyl (C=O) groups excluding carboxylic acids is 1. The van der Waals surface area contributed by atoms with Crippen LogP contribution in [0.1, 0.15) is 48.9 Å². The molecule has 0 unspecified atom stereocenters. The van der Waals surface area contributed by atoms with Crippen LogP contribution in [0, 0.1) is 29.0 Å². The topological polar surface area (TPSA) is 42.0 Å². The molecule has 0 radical (unpaired) electrons. The molecule has 4 fully saturated rings. The van der Waals surface area contributed by atoms with Gasteiger partial charge in [-0.1, -0.05) is 0 Å². The molecule has 4 saturated carbocycles. The van der Waals surface area contributed by atoms with Gasteiger partial charge in [-0.3, -0.25) is 9.78 Å². The fraction of sp³-hybridized carbons (Fsp3) is 0.647. The molecule has 0 spiro atoms. The lowest BCUT2D eigenvalue weighted by Gasteiger charge is -2.56. The summed E-state index contributed by atoms with van der Waals surface area (Å²) < 4.78 is 13.6. The molecule has 112 valence electrons. The first kappa shape index (κ1) is 13.2. The van der Waals surface area contributed by atoms with Crippen LogP contribution in [0.3, 0.4) is 0 Å². The van der Waals surface area contributed by atoms with Gasteiger partial charge in [-0.15, -0.1) is 0 Å². The van der Waals surface area contributed by atoms with Crippen LogP contribution in [-0.4, -0.2) is 17.4 Å². The first-order valence-corrected chi connectivity index (χ1v) is 8.01. The monoisotopic (exact) mass is 288 g/mol. The molecule has 3 nitrogen and oxygen atoms in total. The van der Waals surface area contributed by atoms with Crippen LogP contribution >= 0.6 is 0 Å². The smallest absolute Gasteiger partial charge is 0.254 e. The number of carbonyl (C=O) groups is 1. The number of halogens is 1. The van der Waals surface area contributed by atoms with Crippen LogP contribution in [0.4, 0.5) is 4.39 Å². The van der Waals surface area contributed by atoms with Crippen LogP contribution in [0.5, 0.6) is 0 Å². The Labute approximate surface area is 124 Å². The largest absolute Gasteiger partial charge is 0.351 e. The predicted octanol–water partition coefficient (Wildman–Crippen LogP) is 3.17. The molecule has 21 heavy (non-hydrogen) atoms. The lowest BCUT2D eigenvalue weighted by Crippen LogP contribution is -2.51. The average Bonchev–Trinajstić information content (AvgIpc) is 2.44. The van der Waals surface area contributed by atoms with E-state index in [9.17, 15) is 9.18 Å². The summed E-state index contributed by atoms with van der Waals surface area (Å²) in [5, 5.41) is 2.99. The third kappa shape index (κ3) is 2.34. The van der Waals surface area contributed by atoms with Gasteiger partial charge in [0.25, 0.3) is 5.91 Å². The van der Waals surface area contributed by atoms with E-state index in [-0.39, 0.29) is 16.9 Å². The Bertz CT molecular complexity index is 536. The van der Waals surface area contributed by atoms with Gasteiger partial charge in [0.1, 0.15) is 0 Å². The molecule has 0 aliphatic heterocycles. The van der Waals surface area contributed by atoms with Gasteiger partial charge in [0.15, 0.2) is 5.82 Å². The summed E-state index contributed by atoms with van der Waals surface area (Å²) in [4.78, 5) is 15.9. The van der Waals surface area contributed by atoms with Crippen molar-refractivity contribution in [2.45, 2.75) is 38.5 Å². The van der Waals surface area contributed by atoms with Crippen LogP contribution in [0.2, 0.25) is 0 Å². The molecule has 0 atom stereocenters. The van der Waals surface area contributed by atoms with Crippen molar-refractivity contribution in [3.05, 3.63) is 29.8 Å². The summed E-state index contributed by atoms with van der Waals surface area (Å²) in [7, 11) is 0. The third-order valence-electron chi connectivity index (χ3n) is 5.81. The highest BCUT2D eigenvalue weighted by Crippen LogP contribution is 2.59. The van der Waals surface area contributed by atoms with Crippen molar-refractivity contribution >= 4 is 5.91 Å². The third-order valence-corrected chi connectivity index (χ3v) is 5.81. The Morgan fingerprint density at radius 1 is 1.24 bits per heavy atom. The molecular formula is C17H21FN2O. The maximum absolute atomic E-state index is 13.6. The number of rotatable bonds is 3. The number of hydrogen-bond acceptors (Lipinski definition) is 2. The van der Waals surface area contributed by atoms with Gasteiger partial charge >= 0.3 is 0 Å². The van der Waals surface area contributed by atoms with Crippen molar-refractivity contribution in [3.63, 3.8) is 0 Å². The minimum atomic E-state index is -0.541. The molecule has 0 saturated heterocycles. The Morgan fingerprint density at radius 3 is 2.43 bits per heavy atom. The maximum Gasteiger partial charge on any atom is 0.254 e. The van der Waals surface area contributed by atoms with E-state index in [4.69, 9.17) is 0 Å². The van der Waals surface area contributed by atoms with Crippen molar-refractivity contribution in [2.24, 2.45) is 23.2 Å². The molecule has 4 heteroatoms. The van der Waals surface area contributed by atoms with Gasteiger partial charge < -0.3 is 5.32 Å². The average molecular weight is 288 g/mol. The van der Waals surface area contributed by atoms with E-state index in [0.717, 1.165) is 24.0 Å². The van der Waals surface area contributed by atoms with Gasteiger partial charge in [0, 0.05) is 12.7 Å². The van der Waals surface area contributed by atoms with Gasteiger partial charge in [0.2, 0.25) is 0 Å². The molecule has 1 aromatic heterocycles. The Balaban J connectivity index is 1.45. The summed E-state index contributed by atoms with van der Waals surface area (Å²) in [6, 6.07) is 1.45. The van der Waals surface area contributed by atoms with E-state index in [1.165, 1.54) is 50.8 Å². The van der Waals surface area contributed by atoms with Crippen molar-refractivity contribution in [2.75, 3.05) is 6.54 Å². The van der Waals surface area contributed by atoms with Gasteiger partial charge in [-0.25, -0.2) is 4.39 Å². The minimum absolute atomic E-state index is 0.106. The van der Waals surface area contributed by atoms with Crippen molar-refractivity contribution in [1.82, 2.24) is 10.3 Å². The van der Waals surface area contributed by atoms with Crippen molar-refractivity contribution in [3.8, 4) is 0 Å². The quantitative estimate of drug-likeness (QED) is 0.928. The van der Waals surface area contributed by atoms with Crippen LogP contribution in [-0.2, 0) is 0 Å².